The lowest BCUT2D eigenvalue weighted by Crippen LogP contribution is -2.24. The number of nitrogens with zero attached hydrogens (tertiary/aromatic N) is 2. The van der Waals surface area contributed by atoms with Crippen LogP contribution >= 0.6 is 0 Å². The Morgan fingerprint density at radius 1 is 1.11 bits per heavy atom. The van der Waals surface area contributed by atoms with Crippen LogP contribution in [0.2, 0.25) is 0 Å². The summed E-state index contributed by atoms with van der Waals surface area (Å²) in [6.45, 7) is 10.3. The van der Waals surface area contributed by atoms with Crippen LogP contribution in [-0.4, -0.2) is 52.8 Å². The number of benzene rings is 1. The summed E-state index contributed by atoms with van der Waals surface area (Å²) in [4.78, 5) is 22.8. The molecule has 150 valence electrons. The molecule has 2 rings (SSSR count). The summed E-state index contributed by atoms with van der Waals surface area (Å²) in [5, 5.41) is 19.9. The van der Waals surface area contributed by atoms with E-state index in [1.807, 2.05) is 45.0 Å². The lowest BCUT2D eigenvalue weighted by Gasteiger charge is -2.14. The van der Waals surface area contributed by atoms with E-state index in [4.69, 9.17) is 0 Å². The number of amides is 1. The maximum absolute atomic E-state index is 12.2. The number of aryl methyl sites for hydroxylation is 1. The van der Waals surface area contributed by atoms with Crippen molar-refractivity contribution in [2.24, 2.45) is 0 Å². The number of aromatic nitrogens is 1. The highest BCUT2D eigenvalue weighted by Gasteiger charge is 2.26. The zero-order valence-electron chi connectivity index (χ0n) is 17.1. The Morgan fingerprint density at radius 2 is 1.63 bits per heavy atom. The van der Waals surface area contributed by atoms with E-state index in [2.05, 4.69) is 4.74 Å². The predicted molar refractivity (Wildman–Crippen MR) is 106 cm³/mol. The van der Waals surface area contributed by atoms with Crippen LogP contribution in [-0.2, 0) is 9.53 Å². The smallest absolute Gasteiger partial charge is 0.293 e. The molecule has 0 aliphatic rings. The molecule has 2 aromatic rings. The molecule has 1 amide bonds. The van der Waals surface area contributed by atoms with Crippen molar-refractivity contribution in [1.82, 2.24) is 9.47 Å². The SMILES string of the molecule is CC.CCOC=O.Cc1ccc(-n2c(C)c(O)c(O)c2C(=O)N(C)C)cc1. The number of carbonyl (C=O) groups excluding carboxylic acids is 2. The fourth-order valence-electron chi connectivity index (χ4n) is 2.16. The molecule has 1 heterocycles. The first-order valence-corrected chi connectivity index (χ1v) is 8.73. The van der Waals surface area contributed by atoms with Crippen molar-refractivity contribution in [3.63, 3.8) is 0 Å². The van der Waals surface area contributed by atoms with Gasteiger partial charge in [0.05, 0.1) is 12.3 Å². The minimum Gasteiger partial charge on any atom is -0.503 e. The summed E-state index contributed by atoms with van der Waals surface area (Å²) in [7, 11) is 3.20. The van der Waals surface area contributed by atoms with Crippen LogP contribution in [0.1, 0.15) is 42.5 Å². The number of hydrogen-bond donors (Lipinski definition) is 2. The summed E-state index contributed by atoms with van der Waals surface area (Å²) in [5.74, 6) is -1.02. The Morgan fingerprint density at radius 3 is 2.00 bits per heavy atom. The third-order valence-electron chi connectivity index (χ3n) is 3.49. The van der Waals surface area contributed by atoms with Crippen LogP contribution in [0.15, 0.2) is 24.3 Å². The number of carbonyl (C=O) groups is 2. The molecule has 0 unspecified atom stereocenters. The van der Waals surface area contributed by atoms with Gasteiger partial charge in [0.15, 0.2) is 17.2 Å². The van der Waals surface area contributed by atoms with E-state index in [0.29, 0.717) is 24.5 Å². The van der Waals surface area contributed by atoms with Crippen LogP contribution in [0, 0.1) is 13.8 Å². The average Bonchev–Trinajstić information content (AvgIpc) is 2.88. The van der Waals surface area contributed by atoms with Gasteiger partial charge in [-0.3, -0.25) is 9.59 Å². The third kappa shape index (κ3) is 6.06. The molecular formula is C20H30N2O5. The number of hydrogen-bond acceptors (Lipinski definition) is 5. The van der Waals surface area contributed by atoms with Gasteiger partial charge in [-0.15, -0.1) is 0 Å². The van der Waals surface area contributed by atoms with Gasteiger partial charge in [-0.25, -0.2) is 0 Å². The average molecular weight is 378 g/mol. The van der Waals surface area contributed by atoms with Gasteiger partial charge in [0, 0.05) is 19.8 Å². The molecule has 0 fully saturated rings. The first kappa shape index (κ1) is 24.0. The van der Waals surface area contributed by atoms with Gasteiger partial charge < -0.3 is 24.4 Å². The van der Waals surface area contributed by atoms with E-state index in [-0.39, 0.29) is 23.1 Å². The second-order valence-corrected chi connectivity index (χ2v) is 5.55. The third-order valence-corrected chi connectivity index (χ3v) is 3.49. The number of rotatable bonds is 4. The Balaban J connectivity index is 0.000000838. The lowest BCUT2D eigenvalue weighted by atomic mass is 10.2. The molecule has 0 saturated carbocycles. The molecule has 1 aromatic carbocycles. The number of ether oxygens (including phenoxy) is 1. The van der Waals surface area contributed by atoms with Crippen LogP contribution in [0.4, 0.5) is 0 Å². The molecule has 0 saturated heterocycles. The van der Waals surface area contributed by atoms with Crippen LogP contribution in [0.25, 0.3) is 5.69 Å². The molecule has 0 atom stereocenters. The van der Waals surface area contributed by atoms with Gasteiger partial charge in [-0.05, 0) is 32.9 Å². The predicted octanol–water partition coefficient (Wildman–Crippen LogP) is 3.41. The highest BCUT2D eigenvalue weighted by molar-refractivity contribution is 5.97. The minimum atomic E-state index is -0.387. The van der Waals surface area contributed by atoms with Crippen molar-refractivity contribution >= 4 is 12.4 Å². The van der Waals surface area contributed by atoms with E-state index in [9.17, 15) is 19.8 Å². The van der Waals surface area contributed by atoms with Gasteiger partial charge in [0.25, 0.3) is 12.4 Å². The standard InChI is InChI=1S/C15H18N2O3.C3H6O2.C2H6/c1-9-5-7-11(8-6-9)17-10(2)13(18)14(19)12(17)15(20)16(3)4;1-2-5-3-4;1-2/h5-8,18-19H,1-4H3;3H,2H2,1H3;1-2H3. The number of aromatic hydroxyl groups is 2. The van der Waals surface area contributed by atoms with Crippen molar-refractivity contribution in [3.8, 4) is 17.2 Å². The summed E-state index contributed by atoms with van der Waals surface area (Å²) in [6, 6.07) is 7.50. The van der Waals surface area contributed by atoms with E-state index >= 15 is 0 Å². The molecular weight excluding hydrogens is 348 g/mol. The minimum absolute atomic E-state index is 0.0638. The molecule has 0 spiro atoms. The van der Waals surface area contributed by atoms with Crippen LogP contribution < -0.4 is 0 Å². The van der Waals surface area contributed by atoms with Crippen molar-refractivity contribution < 1.29 is 24.5 Å². The van der Waals surface area contributed by atoms with E-state index in [0.717, 1.165) is 5.56 Å². The van der Waals surface area contributed by atoms with E-state index in [1.54, 1.807) is 32.5 Å². The van der Waals surface area contributed by atoms with Crippen molar-refractivity contribution in [1.29, 1.82) is 0 Å². The highest BCUT2D eigenvalue weighted by atomic mass is 16.5. The largest absolute Gasteiger partial charge is 0.503 e. The van der Waals surface area contributed by atoms with Gasteiger partial charge in [0.2, 0.25) is 0 Å². The van der Waals surface area contributed by atoms with E-state index < -0.39 is 0 Å². The molecule has 0 bridgehead atoms. The van der Waals surface area contributed by atoms with Crippen molar-refractivity contribution in [3.05, 3.63) is 41.2 Å². The first-order valence-electron chi connectivity index (χ1n) is 8.73. The lowest BCUT2D eigenvalue weighted by molar-refractivity contribution is -0.128. The highest BCUT2D eigenvalue weighted by Crippen LogP contribution is 2.38. The Kier molecular flexibility index (Phi) is 10.3. The van der Waals surface area contributed by atoms with Gasteiger partial charge >= 0.3 is 0 Å². The van der Waals surface area contributed by atoms with Gasteiger partial charge in [-0.2, -0.15) is 0 Å². The maximum Gasteiger partial charge on any atom is 0.293 e. The maximum atomic E-state index is 12.2. The monoisotopic (exact) mass is 378 g/mol. The van der Waals surface area contributed by atoms with Gasteiger partial charge in [-0.1, -0.05) is 31.5 Å². The molecule has 0 aliphatic carbocycles. The van der Waals surface area contributed by atoms with Crippen LogP contribution in [0.3, 0.4) is 0 Å². The molecule has 1 aromatic heterocycles. The molecule has 7 nitrogen and oxygen atoms in total. The first-order chi connectivity index (χ1) is 12.8. The molecule has 0 radical (unpaired) electrons. The zero-order chi connectivity index (χ0) is 21.1. The summed E-state index contributed by atoms with van der Waals surface area (Å²) in [6.07, 6.45) is 0. The topological polar surface area (TPSA) is 92.0 Å². The van der Waals surface area contributed by atoms with Crippen molar-refractivity contribution in [2.75, 3.05) is 20.7 Å². The van der Waals surface area contributed by atoms with E-state index in [1.165, 1.54) is 4.90 Å². The Bertz CT molecular complexity index is 734. The summed E-state index contributed by atoms with van der Waals surface area (Å²) >= 11 is 0. The normalized spacial score (nSPS) is 9.30. The summed E-state index contributed by atoms with van der Waals surface area (Å²) < 4.78 is 5.71. The molecule has 0 aliphatic heterocycles. The van der Waals surface area contributed by atoms with Crippen molar-refractivity contribution in [2.45, 2.75) is 34.6 Å². The van der Waals surface area contributed by atoms with Crippen LogP contribution in [0.5, 0.6) is 11.5 Å². The zero-order valence-corrected chi connectivity index (χ0v) is 17.1. The second kappa shape index (κ2) is 11.6. The fourth-order valence-corrected chi connectivity index (χ4v) is 2.16. The summed E-state index contributed by atoms with van der Waals surface area (Å²) in [5.41, 5.74) is 2.30. The second-order valence-electron chi connectivity index (χ2n) is 5.55. The molecule has 27 heavy (non-hydrogen) atoms. The quantitative estimate of drug-likeness (QED) is 0.796. The molecule has 2 N–H and O–H groups in total. The van der Waals surface area contributed by atoms with Gasteiger partial charge in [0.1, 0.15) is 0 Å². The Hall–Kier alpha value is -2.96. The molecule has 7 heteroatoms. The fraction of sp³-hybridized carbons (Fsp3) is 0.400. The Labute approximate surface area is 160 Å².